The minimum atomic E-state index is 0.535. The fraction of sp³-hybridized carbons (Fsp3) is 0.455. The van der Waals surface area contributed by atoms with Gasteiger partial charge in [0.15, 0.2) is 0 Å². The van der Waals surface area contributed by atoms with E-state index in [0.717, 1.165) is 22.2 Å². The summed E-state index contributed by atoms with van der Waals surface area (Å²) in [7, 11) is 0. The Labute approximate surface area is 101 Å². The Hall–Kier alpha value is -0.380. The Kier molecular flexibility index (Phi) is 5.29. The number of rotatable bonds is 5. The molecule has 0 aliphatic heterocycles. The highest BCUT2D eigenvalue weighted by Gasteiger charge is 2.01. The van der Waals surface area contributed by atoms with E-state index in [-0.39, 0.29) is 0 Å². The molecule has 84 valence electrons. The number of nitrogens with two attached hydrogens (primary N) is 1. The molecule has 0 heterocycles. The van der Waals surface area contributed by atoms with Gasteiger partial charge in [0.1, 0.15) is 0 Å². The second-order valence-corrected chi connectivity index (χ2v) is 5.19. The third kappa shape index (κ3) is 4.78. The normalized spacial score (nSPS) is 10.9. The summed E-state index contributed by atoms with van der Waals surface area (Å²) in [4.78, 5) is 1.09. The molecule has 0 aromatic heterocycles. The summed E-state index contributed by atoms with van der Waals surface area (Å²) < 4.78 is 0. The highest BCUT2D eigenvalue weighted by Crippen LogP contribution is 2.28. The molecule has 0 bridgehead atoms. The summed E-state index contributed by atoms with van der Waals surface area (Å²) >= 11 is 7.80. The third-order valence-electron chi connectivity index (χ3n) is 1.87. The van der Waals surface area contributed by atoms with Gasteiger partial charge in [0, 0.05) is 28.9 Å². The maximum Gasteiger partial charge on any atom is 0.0562 e. The molecule has 1 aromatic carbocycles. The molecule has 0 saturated heterocycles. The molecule has 1 rings (SSSR count). The molecule has 0 spiro atoms. The van der Waals surface area contributed by atoms with Gasteiger partial charge < -0.3 is 11.1 Å². The van der Waals surface area contributed by atoms with Gasteiger partial charge in [0.2, 0.25) is 0 Å². The number of nitrogen functional groups attached to an aromatic ring is 1. The molecule has 15 heavy (non-hydrogen) atoms. The van der Waals surface area contributed by atoms with Crippen LogP contribution in [0.4, 0.5) is 5.69 Å². The van der Waals surface area contributed by atoms with Crippen molar-refractivity contribution >= 4 is 29.1 Å². The van der Waals surface area contributed by atoms with Crippen LogP contribution >= 0.6 is 23.4 Å². The van der Waals surface area contributed by atoms with Gasteiger partial charge in [0.05, 0.1) is 5.02 Å². The molecule has 0 radical (unpaired) electrons. The first kappa shape index (κ1) is 12.7. The first-order valence-corrected chi connectivity index (χ1v) is 6.37. The SMILES string of the molecule is CC(C)NCCSc1ccc(N)cc1Cl. The summed E-state index contributed by atoms with van der Waals surface area (Å²) in [5.74, 6) is 1.02. The van der Waals surface area contributed by atoms with E-state index in [2.05, 4.69) is 19.2 Å². The van der Waals surface area contributed by atoms with Crippen LogP contribution in [0.2, 0.25) is 5.02 Å². The van der Waals surface area contributed by atoms with Crippen LogP contribution in [-0.2, 0) is 0 Å². The molecule has 0 amide bonds. The number of halogens is 1. The molecule has 2 nitrogen and oxygen atoms in total. The number of thioether (sulfide) groups is 1. The fourth-order valence-corrected chi connectivity index (χ4v) is 2.30. The average Bonchev–Trinajstić information content (AvgIpc) is 2.14. The van der Waals surface area contributed by atoms with E-state index < -0.39 is 0 Å². The molecule has 0 aliphatic rings. The minimum absolute atomic E-state index is 0.535. The molecule has 0 fully saturated rings. The highest BCUT2D eigenvalue weighted by atomic mass is 35.5. The Morgan fingerprint density at radius 2 is 2.20 bits per heavy atom. The van der Waals surface area contributed by atoms with E-state index in [1.54, 1.807) is 17.8 Å². The average molecular weight is 245 g/mol. The largest absolute Gasteiger partial charge is 0.399 e. The van der Waals surface area contributed by atoms with E-state index >= 15 is 0 Å². The molecular formula is C11H17ClN2S. The first-order valence-electron chi connectivity index (χ1n) is 5.01. The van der Waals surface area contributed by atoms with Crippen molar-refractivity contribution in [1.82, 2.24) is 5.32 Å². The van der Waals surface area contributed by atoms with E-state index in [1.165, 1.54) is 0 Å². The van der Waals surface area contributed by atoms with Crippen molar-refractivity contribution in [2.45, 2.75) is 24.8 Å². The van der Waals surface area contributed by atoms with Crippen molar-refractivity contribution in [2.75, 3.05) is 18.0 Å². The number of hydrogen-bond acceptors (Lipinski definition) is 3. The highest BCUT2D eigenvalue weighted by molar-refractivity contribution is 7.99. The topological polar surface area (TPSA) is 38.0 Å². The van der Waals surface area contributed by atoms with E-state index in [9.17, 15) is 0 Å². The van der Waals surface area contributed by atoms with Gasteiger partial charge in [-0.3, -0.25) is 0 Å². The van der Waals surface area contributed by atoms with Gasteiger partial charge in [-0.25, -0.2) is 0 Å². The van der Waals surface area contributed by atoms with Crippen LogP contribution in [0.1, 0.15) is 13.8 Å². The van der Waals surface area contributed by atoms with Gasteiger partial charge in [-0.1, -0.05) is 25.4 Å². The summed E-state index contributed by atoms with van der Waals surface area (Å²) in [5.41, 5.74) is 6.33. The standard InChI is InChI=1S/C11H17ClN2S/c1-8(2)14-5-6-15-11-4-3-9(13)7-10(11)12/h3-4,7-8,14H,5-6,13H2,1-2H3. The summed E-state index contributed by atoms with van der Waals surface area (Å²) in [6, 6.07) is 6.18. The Balaban J connectivity index is 2.37. The lowest BCUT2D eigenvalue weighted by Gasteiger charge is -2.08. The zero-order valence-corrected chi connectivity index (χ0v) is 10.7. The van der Waals surface area contributed by atoms with Crippen LogP contribution in [-0.4, -0.2) is 18.3 Å². The van der Waals surface area contributed by atoms with Gasteiger partial charge in [0.25, 0.3) is 0 Å². The van der Waals surface area contributed by atoms with E-state index in [1.807, 2.05) is 12.1 Å². The van der Waals surface area contributed by atoms with Crippen LogP contribution in [0.3, 0.4) is 0 Å². The molecule has 4 heteroatoms. The van der Waals surface area contributed by atoms with Crippen LogP contribution in [0, 0.1) is 0 Å². The van der Waals surface area contributed by atoms with Gasteiger partial charge in [-0.15, -0.1) is 11.8 Å². The smallest absolute Gasteiger partial charge is 0.0562 e. The summed E-state index contributed by atoms with van der Waals surface area (Å²) in [6.45, 7) is 5.27. The van der Waals surface area contributed by atoms with Crippen molar-refractivity contribution in [2.24, 2.45) is 0 Å². The second kappa shape index (κ2) is 6.26. The first-order chi connectivity index (χ1) is 7.09. The predicted molar refractivity (Wildman–Crippen MR) is 69.7 cm³/mol. The molecule has 0 atom stereocenters. The number of benzene rings is 1. The van der Waals surface area contributed by atoms with Crippen molar-refractivity contribution in [3.8, 4) is 0 Å². The van der Waals surface area contributed by atoms with E-state index in [4.69, 9.17) is 17.3 Å². The van der Waals surface area contributed by atoms with Crippen LogP contribution in [0.25, 0.3) is 0 Å². The quantitative estimate of drug-likeness (QED) is 0.475. The Morgan fingerprint density at radius 1 is 1.47 bits per heavy atom. The van der Waals surface area contributed by atoms with Gasteiger partial charge in [-0.05, 0) is 18.2 Å². The van der Waals surface area contributed by atoms with Crippen molar-refractivity contribution in [3.05, 3.63) is 23.2 Å². The minimum Gasteiger partial charge on any atom is -0.399 e. The zero-order valence-electron chi connectivity index (χ0n) is 9.09. The second-order valence-electron chi connectivity index (χ2n) is 3.65. The molecule has 0 unspecified atom stereocenters. The van der Waals surface area contributed by atoms with Crippen molar-refractivity contribution in [3.63, 3.8) is 0 Å². The third-order valence-corrected chi connectivity index (χ3v) is 3.37. The monoisotopic (exact) mass is 244 g/mol. The van der Waals surface area contributed by atoms with Crippen LogP contribution in [0.5, 0.6) is 0 Å². The van der Waals surface area contributed by atoms with E-state index in [0.29, 0.717) is 11.7 Å². The molecule has 0 saturated carbocycles. The number of hydrogen-bond donors (Lipinski definition) is 2. The lowest BCUT2D eigenvalue weighted by Crippen LogP contribution is -2.24. The molecule has 0 aliphatic carbocycles. The van der Waals surface area contributed by atoms with Crippen LogP contribution in [0.15, 0.2) is 23.1 Å². The predicted octanol–water partition coefficient (Wildman–Crippen LogP) is 3.01. The lowest BCUT2D eigenvalue weighted by molar-refractivity contribution is 0.616. The molecule has 3 N–H and O–H groups in total. The zero-order chi connectivity index (χ0) is 11.3. The molecule has 1 aromatic rings. The lowest BCUT2D eigenvalue weighted by atomic mass is 10.3. The summed E-state index contributed by atoms with van der Waals surface area (Å²) in [6.07, 6.45) is 0. The maximum atomic E-state index is 6.05. The Bertz CT molecular complexity index is 315. The summed E-state index contributed by atoms with van der Waals surface area (Å²) in [5, 5.41) is 4.10. The number of anilines is 1. The van der Waals surface area contributed by atoms with Gasteiger partial charge in [-0.2, -0.15) is 0 Å². The van der Waals surface area contributed by atoms with Gasteiger partial charge >= 0.3 is 0 Å². The fourth-order valence-electron chi connectivity index (χ4n) is 1.14. The molecular weight excluding hydrogens is 228 g/mol. The van der Waals surface area contributed by atoms with Crippen LogP contribution < -0.4 is 11.1 Å². The maximum absolute atomic E-state index is 6.05. The Morgan fingerprint density at radius 3 is 2.80 bits per heavy atom. The number of nitrogens with one attached hydrogen (secondary N) is 1. The van der Waals surface area contributed by atoms with Crippen molar-refractivity contribution in [1.29, 1.82) is 0 Å². The van der Waals surface area contributed by atoms with Crippen molar-refractivity contribution < 1.29 is 0 Å².